The Morgan fingerprint density at radius 3 is 2.89 bits per heavy atom. The molecule has 0 bridgehead atoms. The van der Waals surface area contributed by atoms with Gasteiger partial charge in [-0.05, 0) is 36.4 Å². The predicted octanol–water partition coefficient (Wildman–Crippen LogP) is 3.38. The van der Waals surface area contributed by atoms with Gasteiger partial charge in [0, 0.05) is 13.1 Å². The summed E-state index contributed by atoms with van der Waals surface area (Å²) in [6.45, 7) is 0.845. The van der Waals surface area contributed by atoms with Gasteiger partial charge < -0.3 is 9.26 Å². The van der Waals surface area contributed by atoms with Crippen LogP contribution in [0.3, 0.4) is 0 Å². The van der Waals surface area contributed by atoms with E-state index >= 15 is 0 Å². The Labute approximate surface area is 161 Å². The lowest BCUT2D eigenvalue weighted by Crippen LogP contribution is -2.38. The van der Waals surface area contributed by atoms with Crippen molar-refractivity contribution < 1.29 is 17.7 Å². The number of nitrogens with zero attached hydrogens (tertiary/aromatic N) is 3. The standard InChI is InChI=1S/C18H19N3O4S2/c1-24-15-8-3-2-7-14(15)17-19-18(25-20-17)13-6-4-10-21(12-13)27(22,23)16-9-5-11-26-16/h2-3,5,7-9,11,13H,4,6,10,12H2,1H3/t13-/m1/s1. The second kappa shape index (κ2) is 7.41. The molecule has 1 aliphatic heterocycles. The third-order valence-corrected chi connectivity index (χ3v) is 7.85. The number of thiophene rings is 1. The first-order valence-electron chi connectivity index (χ1n) is 8.60. The van der Waals surface area contributed by atoms with Gasteiger partial charge in [-0.1, -0.05) is 23.4 Å². The van der Waals surface area contributed by atoms with Crippen LogP contribution in [0, 0.1) is 0 Å². The number of methoxy groups -OCH3 is 1. The summed E-state index contributed by atoms with van der Waals surface area (Å²) in [6.07, 6.45) is 1.56. The fraction of sp³-hybridized carbons (Fsp3) is 0.333. The molecule has 0 saturated carbocycles. The quantitative estimate of drug-likeness (QED) is 0.647. The zero-order valence-electron chi connectivity index (χ0n) is 14.7. The number of rotatable bonds is 5. The molecule has 9 heteroatoms. The first kappa shape index (κ1) is 18.1. The monoisotopic (exact) mass is 405 g/mol. The van der Waals surface area contributed by atoms with Gasteiger partial charge in [-0.3, -0.25) is 0 Å². The summed E-state index contributed by atoms with van der Waals surface area (Å²) in [6, 6.07) is 10.8. The number of piperidine rings is 1. The first-order valence-corrected chi connectivity index (χ1v) is 10.9. The Hall–Kier alpha value is -2.23. The second-order valence-corrected chi connectivity index (χ2v) is 9.40. The number of aromatic nitrogens is 2. The average molecular weight is 406 g/mol. The summed E-state index contributed by atoms with van der Waals surface area (Å²) >= 11 is 1.23. The van der Waals surface area contributed by atoms with Crippen molar-refractivity contribution in [1.29, 1.82) is 0 Å². The fourth-order valence-corrected chi connectivity index (χ4v) is 5.91. The van der Waals surface area contributed by atoms with E-state index in [4.69, 9.17) is 9.26 Å². The van der Waals surface area contributed by atoms with E-state index in [2.05, 4.69) is 10.1 Å². The third-order valence-electron chi connectivity index (χ3n) is 4.61. The van der Waals surface area contributed by atoms with Crippen molar-refractivity contribution in [2.75, 3.05) is 20.2 Å². The normalized spacial score (nSPS) is 18.5. The van der Waals surface area contributed by atoms with Crippen molar-refractivity contribution >= 4 is 21.4 Å². The summed E-state index contributed by atoms with van der Waals surface area (Å²) in [5, 5.41) is 5.85. The average Bonchev–Trinajstić information content (AvgIpc) is 3.40. The molecular formula is C18H19N3O4S2. The fourth-order valence-electron chi connectivity index (χ4n) is 3.24. The molecule has 1 fully saturated rings. The van der Waals surface area contributed by atoms with E-state index in [9.17, 15) is 8.42 Å². The van der Waals surface area contributed by atoms with Crippen molar-refractivity contribution in [2.45, 2.75) is 23.0 Å². The number of hydrogen-bond donors (Lipinski definition) is 0. The van der Waals surface area contributed by atoms with Crippen molar-refractivity contribution in [3.05, 3.63) is 47.7 Å². The van der Waals surface area contributed by atoms with Gasteiger partial charge in [0.1, 0.15) is 9.96 Å². The van der Waals surface area contributed by atoms with Gasteiger partial charge >= 0.3 is 0 Å². The van der Waals surface area contributed by atoms with Gasteiger partial charge in [0.15, 0.2) is 0 Å². The summed E-state index contributed by atoms with van der Waals surface area (Å²) in [7, 11) is -1.88. The van der Waals surface area contributed by atoms with Crippen molar-refractivity contribution in [3.8, 4) is 17.1 Å². The van der Waals surface area contributed by atoms with Crippen molar-refractivity contribution in [2.24, 2.45) is 0 Å². The maximum Gasteiger partial charge on any atom is 0.252 e. The van der Waals surface area contributed by atoms with Crippen molar-refractivity contribution in [1.82, 2.24) is 14.4 Å². The molecule has 1 aromatic carbocycles. The van der Waals surface area contributed by atoms with E-state index in [1.54, 1.807) is 24.6 Å². The zero-order valence-corrected chi connectivity index (χ0v) is 16.4. The molecule has 0 aliphatic carbocycles. The number of sulfonamides is 1. The highest BCUT2D eigenvalue weighted by atomic mass is 32.2. The van der Waals surface area contributed by atoms with Crippen LogP contribution in [0.15, 0.2) is 50.5 Å². The number of para-hydroxylation sites is 1. The molecule has 7 nitrogen and oxygen atoms in total. The first-order chi connectivity index (χ1) is 13.1. The summed E-state index contributed by atoms with van der Waals surface area (Å²) in [4.78, 5) is 4.52. The van der Waals surface area contributed by atoms with Crippen LogP contribution in [-0.2, 0) is 10.0 Å². The van der Waals surface area contributed by atoms with Gasteiger partial charge in [-0.2, -0.15) is 9.29 Å². The highest BCUT2D eigenvalue weighted by Crippen LogP contribution is 2.33. The van der Waals surface area contributed by atoms with Crippen LogP contribution in [-0.4, -0.2) is 43.1 Å². The Kier molecular flexibility index (Phi) is 4.98. The van der Waals surface area contributed by atoms with E-state index in [0.29, 0.717) is 34.8 Å². The lowest BCUT2D eigenvalue weighted by Gasteiger charge is -2.29. The summed E-state index contributed by atoms with van der Waals surface area (Å²) in [5.41, 5.74) is 0.744. The van der Waals surface area contributed by atoms with Gasteiger partial charge in [0.2, 0.25) is 11.7 Å². The minimum Gasteiger partial charge on any atom is -0.496 e. The van der Waals surface area contributed by atoms with E-state index in [1.165, 1.54) is 15.6 Å². The van der Waals surface area contributed by atoms with E-state index in [1.807, 2.05) is 24.3 Å². The smallest absolute Gasteiger partial charge is 0.252 e. The maximum atomic E-state index is 12.8. The van der Waals surface area contributed by atoms with Crippen LogP contribution in [0.4, 0.5) is 0 Å². The lowest BCUT2D eigenvalue weighted by atomic mass is 10.00. The van der Waals surface area contributed by atoms with Crippen LogP contribution >= 0.6 is 11.3 Å². The lowest BCUT2D eigenvalue weighted by molar-refractivity contribution is 0.266. The molecule has 3 aromatic rings. The molecule has 0 amide bonds. The van der Waals surface area contributed by atoms with Gasteiger partial charge in [0.25, 0.3) is 10.0 Å². The van der Waals surface area contributed by atoms with Crippen LogP contribution in [0.2, 0.25) is 0 Å². The SMILES string of the molecule is COc1ccccc1-c1noc([C@@H]2CCCN(S(=O)(=O)c3cccs3)C2)n1. The Morgan fingerprint density at radius 1 is 1.26 bits per heavy atom. The number of benzene rings is 1. The molecule has 1 atom stereocenters. The zero-order chi connectivity index (χ0) is 18.9. The van der Waals surface area contributed by atoms with E-state index in [-0.39, 0.29) is 5.92 Å². The third kappa shape index (κ3) is 3.50. The molecule has 4 rings (SSSR count). The number of hydrogen-bond acceptors (Lipinski definition) is 7. The summed E-state index contributed by atoms with van der Waals surface area (Å²) < 4.78 is 38.3. The highest BCUT2D eigenvalue weighted by molar-refractivity contribution is 7.91. The molecule has 27 heavy (non-hydrogen) atoms. The molecule has 0 radical (unpaired) electrons. The molecule has 1 saturated heterocycles. The minimum atomic E-state index is -3.47. The highest BCUT2D eigenvalue weighted by Gasteiger charge is 2.34. The van der Waals surface area contributed by atoms with Gasteiger partial charge in [-0.25, -0.2) is 8.42 Å². The molecule has 3 heterocycles. The molecule has 0 unspecified atom stereocenters. The van der Waals surface area contributed by atoms with E-state index in [0.717, 1.165) is 18.4 Å². The molecule has 142 valence electrons. The topological polar surface area (TPSA) is 85.5 Å². The minimum absolute atomic E-state index is 0.121. The Morgan fingerprint density at radius 2 is 2.11 bits per heavy atom. The van der Waals surface area contributed by atoms with E-state index < -0.39 is 10.0 Å². The second-order valence-electron chi connectivity index (χ2n) is 6.29. The number of ether oxygens (including phenoxy) is 1. The molecular weight excluding hydrogens is 386 g/mol. The largest absolute Gasteiger partial charge is 0.496 e. The molecule has 0 N–H and O–H groups in total. The van der Waals surface area contributed by atoms with Crippen LogP contribution < -0.4 is 4.74 Å². The maximum absolute atomic E-state index is 12.8. The molecule has 0 spiro atoms. The Bertz CT molecular complexity index is 1010. The molecule has 1 aliphatic rings. The van der Waals surface area contributed by atoms with Crippen molar-refractivity contribution in [3.63, 3.8) is 0 Å². The van der Waals surface area contributed by atoms with Gasteiger partial charge in [-0.15, -0.1) is 11.3 Å². The van der Waals surface area contributed by atoms with Crippen LogP contribution in [0.25, 0.3) is 11.4 Å². The molecule has 2 aromatic heterocycles. The Balaban J connectivity index is 1.57. The van der Waals surface area contributed by atoms with Crippen LogP contribution in [0.1, 0.15) is 24.7 Å². The van der Waals surface area contributed by atoms with Gasteiger partial charge in [0.05, 0.1) is 18.6 Å². The predicted molar refractivity (Wildman–Crippen MR) is 101 cm³/mol. The summed E-state index contributed by atoms with van der Waals surface area (Å²) in [5.74, 6) is 1.45. The van der Waals surface area contributed by atoms with Crippen LogP contribution in [0.5, 0.6) is 5.75 Å².